The Morgan fingerprint density at radius 2 is 1.26 bits per heavy atom. The molecule has 0 spiro atoms. The summed E-state index contributed by atoms with van der Waals surface area (Å²) < 4.78 is 4.52. The highest BCUT2D eigenvalue weighted by atomic mass is 15.1. The zero-order valence-corrected chi connectivity index (χ0v) is 20.5. The Hall–Kier alpha value is -5.22. The van der Waals surface area contributed by atoms with Crippen LogP contribution in [0.25, 0.3) is 66.4 Å². The maximum atomic E-state index is 5.00. The Balaban J connectivity index is 1.39. The van der Waals surface area contributed by atoms with Crippen molar-refractivity contribution in [3.8, 4) is 22.9 Å². The van der Waals surface area contributed by atoms with Crippen LogP contribution in [0.3, 0.4) is 0 Å². The van der Waals surface area contributed by atoms with Crippen molar-refractivity contribution in [2.24, 2.45) is 0 Å². The lowest BCUT2D eigenvalue weighted by atomic mass is 10.0. The molecule has 8 aromatic rings. The molecule has 0 N–H and O–H groups in total. The molecule has 4 nitrogen and oxygen atoms in total. The lowest BCUT2D eigenvalue weighted by Crippen LogP contribution is -2.00. The zero-order valence-electron chi connectivity index (χ0n) is 20.5. The molecule has 0 fully saturated rings. The van der Waals surface area contributed by atoms with Crippen molar-refractivity contribution in [3.05, 3.63) is 134 Å². The van der Waals surface area contributed by atoms with E-state index in [9.17, 15) is 0 Å². The summed E-state index contributed by atoms with van der Waals surface area (Å²) in [6.07, 6.45) is 4.00. The average Bonchev–Trinajstić information content (AvgIpc) is 3.54. The van der Waals surface area contributed by atoms with Crippen LogP contribution in [-0.2, 0) is 0 Å². The highest BCUT2D eigenvalue weighted by Gasteiger charge is 2.16. The van der Waals surface area contributed by atoms with Gasteiger partial charge >= 0.3 is 0 Å². The predicted molar refractivity (Wildman–Crippen MR) is 156 cm³/mol. The van der Waals surface area contributed by atoms with E-state index < -0.39 is 0 Å². The second-order valence-electron chi connectivity index (χ2n) is 9.61. The maximum absolute atomic E-state index is 5.00. The van der Waals surface area contributed by atoms with Gasteiger partial charge in [-0.1, -0.05) is 66.7 Å². The van der Waals surface area contributed by atoms with Gasteiger partial charge in [0.05, 0.1) is 16.6 Å². The standard InChI is InChI=1S/C34H22N4/c1-3-9-23(10-4-1)34-35-17-15-33(36-34)38-30-14-8-7-13-28(30)29-20-26-21-31-24(19-25(26)22-32(29)38)16-18-37(31)27-11-5-2-6-12-27/h1-22H. The molecular formula is C34H22N4. The summed E-state index contributed by atoms with van der Waals surface area (Å²) in [7, 11) is 0. The van der Waals surface area contributed by atoms with Crippen LogP contribution in [0.15, 0.2) is 134 Å². The number of fused-ring (bicyclic) bond motifs is 5. The number of benzene rings is 5. The van der Waals surface area contributed by atoms with Gasteiger partial charge in [0.25, 0.3) is 0 Å². The molecule has 0 saturated heterocycles. The van der Waals surface area contributed by atoms with E-state index in [0.29, 0.717) is 0 Å². The summed E-state index contributed by atoms with van der Waals surface area (Å²) in [4.78, 5) is 9.57. The molecule has 38 heavy (non-hydrogen) atoms. The Morgan fingerprint density at radius 3 is 2.13 bits per heavy atom. The second-order valence-corrected chi connectivity index (χ2v) is 9.61. The number of para-hydroxylation sites is 2. The molecule has 0 bridgehead atoms. The number of aromatic nitrogens is 4. The van der Waals surface area contributed by atoms with Crippen LogP contribution in [0.1, 0.15) is 0 Å². The fourth-order valence-electron chi connectivity index (χ4n) is 5.61. The van der Waals surface area contributed by atoms with Gasteiger partial charge < -0.3 is 4.57 Å². The zero-order chi connectivity index (χ0) is 25.1. The van der Waals surface area contributed by atoms with E-state index in [0.717, 1.165) is 33.9 Å². The molecule has 0 unspecified atom stereocenters. The SMILES string of the molecule is c1ccc(-c2nccc(-n3c4ccccc4c4cc5cc6c(ccn6-c6ccccc6)cc5cc43)n2)cc1. The minimum atomic E-state index is 0.721. The van der Waals surface area contributed by atoms with Crippen molar-refractivity contribution in [1.29, 1.82) is 0 Å². The molecule has 0 aliphatic carbocycles. The Kier molecular flexibility index (Phi) is 4.49. The molecule has 178 valence electrons. The first-order valence-electron chi connectivity index (χ1n) is 12.8. The average molecular weight is 487 g/mol. The van der Waals surface area contributed by atoms with Gasteiger partial charge in [-0.2, -0.15) is 0 Å². The third kappa shape index (κ3) is 3.17. The summed E-state index contributed by atoms with van der Waals surface area (Å²) >= 11 is 0. The van der Waals surface area contributed by atoms with E-state index >= 15 is 0 Å². The van der Waals surface area contributed by atoms with Gasteiger partial charge in [0.2, 0.25) is 0 Å². The molecule has 0 aliphatic heterocycles. The van der Waals surface area contributed by atoms with Crippen LogP contribution < -0.4 is 0 Å². The van der Waals surface area contributed by atoms with Gasteiger partial charge in [-0.3, -0.25) is 4.57 Å². The van der Waals surface area contributed by atoms with Crippen molar-refractivity contribution in [2.75, 3.05) is 0 Å². The molecule has 0 atom stereocenters. The molecule has 8 rings (SSSR count). The van der Waals surface area contributed by atoms with E-state index in [1.165, 1.54) is 32.4 Å². The number of nitrogens with zero attached hydrogens (tertiary/aromatic N) is 4. The minimum Gasteiger partial charge on any atom is -0.317 e. The van der Waals surface area contributed by atoms with Gasteiger partial charge in [0.1, 0.15) is 5.82 Å². The molecular weight excluding hydrogens is 464 g/mol. The molecule has 0 radical (unpaired) electrons. The topological polar surface area (TPSA) is 35.6 Å². The highest BCUT2D eigenvalue weighted by Crippen LogP contribution is 2.36. The Morgan fingerprint density at radius 1 is 0.526 bits per heavy atom. The Bertz CT molecular complexity index is 2120. The van der Waals surface area contributed by atoms with Gasteiger partial charge in [0.15, 0.2) is 5.82 Å². The van der Waals surface area contributed by atoms with Crippen molar-refractivity contribution in [2.45, 2.75) is 0 Å². The number of hydrogen-bond donors (Lipinski definition) is 0. The van der Waals surface area contributed by atoms with E-state index in [-0.39, 0.29) is 0 Å². The van der Waals surface area contributed by atoms with Crippen molar-refractivity contribution < 1.29 is 0 Å². The van der Waals surface area contributed by atoms with E-state index in [4.69, 9.17) is 4.98 Å². The minimum absolute atomic E-state index is 0.721. The van der Waals surface area contributed by atoms with Crippen LogP contribution in [-0.4, -0.2) is 19.1 Å². The van der Waals surface area contributed by atoms with Crippen LogP contribution in [0.5, 0.6) is 0 Å². The molecule has 0 saturated carbocycles. The molecule has 5 aromatic carbocycles. The Labute approximate surface area is 219 Å². The van der Waals surface area contributed by atoms with Crippen LogP contribution in [0.2, 0.25) is 0 Å². The second kappa shape index (κ2) is 8.15. The molecule has 3 aromatic heterocycles. The molecule has 0 amide bonds. The normalized spacial score (nSPS) is 11.7. The van der Waals surface area contributed by atoms with Gasteiger partial charge in [-0.05, 0) is 65.4 Å². The van der Waals surface area contributed by atoms with Crippen LogP contribution in [0.4, 0.5) is 0 Å². The van der Waals surface area contributed by atoms with Crippen molar-refractivity contribution in [3.63, 3.8) is 0 Å². The number of rotatable bonds is 3. The first kappa shape index (κ1) is 20.9. The maximum Gasteiger partial charge on any atom is 0.161 e. The fraction of sp³-hybridized carbons (Fsp3) is 0. The smallest absolute Gasteiger partial charge is 0.161 e. The summed E-state index contributed by atoms with van der Waals surface area (Å²) in [6, 6.07) is 42.6. The van der Waals surface area contributed by atoms with E-state index in [1.807, 2.05) is 42.6 Å². The van der Waals surface area contributed by atoms with Crippen LogP contribution in [0, 0.1) is 0 Å². The van der Waals surface area contributed by atoms with Crippen molar-refractivity contribution in [1.82, 2.24) is 19.1 Å². The van der Waals surface area contributed by atoms with Gasteiger partial charge in [-0.15, -0.1) is 0 Å². The highest BCUT2D eigenvalue weighted by molar-refractivity contribution is 6.14. The third-order valence-corrected chi connectivity index (χ3v) is 7.38. The van der Waals surface area contributed by atoms with E-state index in [2.05, 4.69) is 105 Å². The summed E-state index contributed by atoms with van der Waals surface area (Å²) in [5.74, 6) is 1.58. The van der Waals surface area contributed by atoms with Gasteiger partial charge in [0, 0.05) is 39.8 Å². The lowest BCUT2D eigenvalue weighted by Gasteiger charge is -2.10. The first-order valence-corrected chi connectivity index (χ1v) is 12.8. The molecule has 3 heterocycles. The number of hydrogen-bond acceptors (Lipinski definition) is 2. The van der Waals surface area contributed by atoms with Crippen LogP contribution >= 0.6 is 0 Å². The van der Waals surface area contributed by atoms with E-state index in [1.54, 1.807) is 0 Å². The largest absolute Gasteiger partial charge is 0.317 e. The molecule has 4 heteroatoms. The quantitative estimate of drug-likeness (QED) is 0.252. The predicted octanol–water partition coefficient (Wildman–Crippen LogP) is 8.34. The summed E-state index contributed by atoms with van der Waals surface area (Å²) in [6.45, 7) is 0. The lowest BCUT2D eigenvalue weighted by molar-refractivity contribution is 1.04. The van der Waals surface area contributed by atoms with Crippen molar-refractivity contribution >= 4 is 43.5 Å². The monoisotopic (exact) mass is 486 g/mol. The summed E-state index contributed by atoms with van der Waals surface area (Å²) in [5, 5.41) is 6.07. The summed E-state index contributed by atoms with van der Waals surface area (Å²) in [5.41, 5.74) is 5.64. The third-order valence-electron chi connectivity index (χ3n) is 7.38. The molecule has 0 aliphatic rings. The first-order chi connectivity index (χ1) is 18.8. The fourth-order valence-corrected chi connectivity index (χ4v) is 5.61. The van der Waals surface area contributed by atoms with Gasteiger partial charge in [-0.25, -0.2) is 9.97 Å².